The number of ether oxygens (including phenoxy) is 1. The van der Waals surface area contributed by atoms with E-state index in [2.05, 4.69) is 9.97 Å². The molecule has 0 saturated heterocycles. The molecular weight excluding hydrogens is 149 g/mol. The van der Waals surface area contributed by atoms with Crippen LogP contribution in [0.4, 0.5) is 10.2 Å². The summed E-state index contributed by atoms with van der Waals surface area (Å²) < 4.78 is 16.4. The summed E-state index contributed by atoms with van der Waals surface area (Å²) in [7, 11) is 0. The van der Waals surface area contributed by atoms with Crippen molar-refractivity contribution >= 4 is 5.82 Å². The van der Waals surface area contributed by atoms with Gasteiger partial charge in [-0.2, -0.15) is 4.98 Å². The van der Waals surface area contributed by atoms with E-state index in [-0.39, 0.29) is 18.3 Å². The van der Waals surface area contributed by atoms with Gasteiger partial charge >= 0.3 is 0 Å². The lowest BCUT2D eigenvalue weighted by atomic mass is 10.6. The second kappa shape index (κ2) is 3.70. The molecule has 0 aliphatic carbocycles. The summed E-state index contributed by atoms with van der Waals surface area (Å²) in [5.74, 6) is 0.518. The number of hydrogen-bond donors (Lipinski definition) is 1. The monoisotopic (exact) mass is 157 g/mol. The average molecular weight is 157 g/mol. The van der Waals surface area contributed by atoms with E-state index >= 15 is 0 Å². The fraction of sp³-hybridized carbons (Fsp3) is 0.333. The Hall–Kier alpha value is -1.39. The van der Waals surface area contributed by atoms with E-state index in [0.717, 1.165) is 0 Å². The molecule has 60 valence electrons. The molecule has 0 bridgehead atoms. The van der Waals surface area contributed by atoms with E-state index in [1.807, 2.05) is 0 Å². The van der Waals surface area contributed by atoms with Crippen LogP contribution in [-0.4, -0.2) is 23.2 Å². The molecule has 4 nitrogen and oxygen atoms in total. The Balaban J connectivity index is 2.56. The molecule has 0 amide bonds. The fourth-order valence-corrected chi connectivity index (χ4v) is 0.575. The van der Waals surface area contributed by atoms with Crippen LogP contribution in [0.1, 0.15) is 0 Å². The second-order valence-electron chi connectivity index (χ2n) is 1.82. The maximum atomic E-state index is 11.6. The van der Waals surface area contributed by atoms with Gasteiger partial charge in [0.25, 0.3) is 0 Å². The minimum atomic E-state index is -0.545. The highest BCUT2D eigenvalue weighted by atomic mass is 19.1. The first kappa shape index (κ1) is 7.71. The van der Waals surface area contributed by atoms with Crippen molar-refractivity contribution in [1.82, 2.24) is 9.97 Å². The van der Waals surface area contributed by atoms with Crippen LogP contribution in [0.3, 0.4) is 0 Å². The minimum absolute atomic E-state index is 0.0157. The summed E-state index contributed by atoms with van der Waals surface area (Å²) in [5.41, 5.74) is 5.28. The van der Waals surface area contributed by atoms with E-state index in [9.17, 15) is 4.39 Å². The highest BCUT2D eigenvalue weighted by Crippen LogP contribution is 2.04. The molecular formula is C6H8FN3O. The third-order valence-corrected chi connectivity index (χ3v) is 0.958. The van der Waals surface area contributed by atoms with Crippen LogP contribution < -0.4 is 10.5 Å². The highest BCUT2D eigenvalue weighted by molar-refractivity contribution is 5.25. The van der Waals surface area contributed by atoms with Gasteiger partial charge in [-0.3, -0.25) is 4.98 Å². The standard InChI is InChI=1S/C6H8FN3O/c7-1-2-11-6-4-9-3-5(8)10-6/h3-4H,1-2H2,(H2,8,10). The summed E-state index contributed by atoms with van der Waals surface area (Å²) >= 11 is 0. The van der Waals surface area contributed by atoms with Crippen molar-refractivity contribution in [1.29, 1.82) is 0 Å². The van der Waals surface area contributed by atoms with Crippen molar-refractivity contribution in [2.75, 3.05) is 19.0 Å². The molecule has 2 N–H and O–H groups in total. The Labute approximate surface area is 63.2 Å². The Kier molecular flexibility index (Phi) is 2.59. The molecule has 11 heavy (non-hydrogen) atoms. The number of hydrogen-bond acceptors (Lipinski definition) is 4. The normalized spacial score (nSPS) is 9.55. The predicted octanol–water partition coefficient (Wildman–Crippen LogP) is 0.407. The molecule has 0 unspecified atom stereocenters. The average Bonchev–Trinajstić information content (AvgIpc) is 2.01. The predicted molar refractivity (Wildman–Crippen MR) is 37.9 cm³/mol. The zero-order valence-electron chi connectivity index (χ0n) is 5.83. The molecule has 0 atom stereocenters. The largest absolute Gasteiger partial charge is 0.474 e. The number of alkyl halides is 1. The van der Waals surface area contributed by atoms with Gasteiger partial charge in [0.2, 0.25) is 5.88 Å². The van der Waals surface area contributed by atoms with Crippen molar-refractivity contribution in [3.8, 4) is 5.88 Å². The fourth-order valence-electron chi connectivity index (χ4n) is 0.575. The smallest absolute Gasteiger partial charge is 0.234 e. The SMILES string of the molecule is Nc1cncc(OCCF)n1. The number of nitrogens with zero attached hydrogens (tertiary/aromatic N) is 2. The van der Waals surface area contributed by atoms with Gasteiger partial charge in [-0.15, -0.1) is 0 Å². The molecule has 0 fully saturated rings. The maximum Gasteiger partial charge on any atom is 0.234 e. The molecule has 1 rings (SSSR count). The van der Waals surface area contributed by atoms with Gasteiger partial charge in [0.05, 0.1) is 12.4 Å². The second-order valence-corrected chi connectivity index (χ2v) is 1.82. The molecule has 1 aromatic heterocycles. The zero-order chi connectivity index (χ0) is 8.10. The van der Waals surface area contributed by atoms with Gasteiger partial charge in [0.1, 0.15) is 19.1 Å². The van der Waals surface area contributed by atoms with Gasteiger partial charge < -0.3 is 10.5 Å². The van der Waals surface area contributed by atoms with Crippen molar-refractivity contribution in [3.63, 3.8) is 0 Å². The number of nitrogen functional groups attached to an aromatic ring is 1. The molecule has 1 heterocycles. The summed E-state index contributed by atoms with van der Waals surface area (Å²) in [6.45, 7) is -0.561. The van der Waals surface area contributed by atoms with Crippen molar-refractivity contribution in [3.05, 3.63) is 12.4 Å². The van der Waals surface area contributed by atoms with Crippen LogP contribution in [-0.2, 0) is 0 Å². The van der Waals surface area contributed by atoms with Crippen LogP contribution in [0.15, 0.2) is 12.4 Å². The van der Waals surface area contributed by atoms with Crippen molar-refractivity contribution in [2.24, 2.45) is 0 Å². The summed E-state index contributed by atoms with van der Waals surface area (Å²) in [6.07, 6.45) is 2.77. The van der Waals surface area contributed by atoms with Crippen LogP contribution in [0.2, 0.25) is 0 Å². The van der Waals surface area contributed by atoms with Gasteiger partial charge in [0.15, 0.2) is 0 Å². The zero-order valence-corrected chi connectivity index (χ0v) is 5.83. The van der Waals surface area contributed by atoms with E-state index in [1.54, 1.807) is 0 Å². The topological polar surface area (TPSA) is 61.0 Å². The maximum absolute atomic E-state index is 11.6. The Bertz CT molecular complexity index is 231. The Morgan fingerprint density at radius 3 is 3.00 bits per heavy atom. The Morgan fingerprint density at radius 2 is 2.36 bits per heavy atom. The summed E-state index contributed by atoms with van der Waals surface area (Å²) in [6, 6.07) is 0. The van der Waals surface area contributed by atoms with E-state index in [4.69, 9.17) is 10.5 Å². The molecule has 0 spiro atoms. The van der Waals surface area contributed by atoms with Crippen LogP contribution in [0.5, 0.6) is 5.88 Å². The molecule has 1 aromatic rings. The molecule has 0 aliphatic heterocycles. The minimum Gasteiger partial charge on any atom is -0.474 e. The van der Waals surface area contributed by atoms with Gasteiger partial charge in [-0.1, -0.05) is 0 Å². The van der Waals surface area contributed by atoms with Crippen LogP contribution >= 0.6 is 0 Å². The lowest BCUT2D eigenvalue weighted by Gasteiger charge is -2.00. The third kappa shape index (κ3) is 2.37. The molecule has 0 radical (unpaired) electrons. The quantitative estimate of drug-likeness (QED) is 0.690. The first-order chi connectivity index (χ1) is 5.33. The third-order valence-electron chi connectivity index (χ3n) is 0.958. The van der Waals surface area contributed by atoms with Gasteiger partial charge in [-0.25, -0.2) is 4.39 Å². The van der Waals surface area contributed by atoms with E-state index in [1.165, 1.54) is 12.4 Å². The number of anilines is 1. The first-order valence-corrected chi connectivity index (χ1v) is 3.09. The van der Waals surface area contributed by atoms with Gasteiger partial charge in [-0.05, 0) is 0 Å². The van der Waals surface area contributed by atoms with E-state index < -0.39 is 6.67 Å². The first-order valence-electron chi connectivity index (χ1n) is 3.09. The summed E-state index contributed by atoms with van der Waals surface area (Å²) in [4.78, 5) is 7.44. The molecule has 0 saturated carbocycles. The number of halogens is 1. The molecule has 5 heteroatoms. The number of aromatic nitrogens is 2. The van der Waals surface area contributed by atoms with Crippen molar-refractivity contribution < 1.29 is 9.13 Å². The lowest BCUT2D eigenvalue weighted by molar-refractivity contribution is 0.264. The molecule has 0 aromatic carbocycles. The molecule has 0 aliphatic rings. The number of rotatable bonds is 3. The lowest BCUT2D eigenvalue weighted by Crippen LogP contribution is -2.02. The Morgan fingerprint density at radius 1 is 1.55 bits per heavy atom. The number of nitrogens with two attached hydrogens (primary N) is 1. The van der Waals surface area contributed by atoms with Crippen LogP contribution in [0, 0.1) is 0 Å². The van der Waals surface area contributed by atoms with Gasteiger partial charge in [0, 0.05) is 0 Å². The van der Waals surface area contributed by atoms with Crippen molar-refractivity contribution in [2.45, 2.75) is 0 Å². The van der Waals surface area contributed by atoms with Crippen LogP contribution in [0.25, 0.3) is 0 Å². The summed E-state index contributed by atoms with van der Waals surface area (Å²) in [5, 5.41) is 0. The van der Waals surface area contributed by atoms with E-state index in [0.29, 0.717) is 0 Å². The highest BCUT2D eigenvalue weighted by Gasteiger charge is 1.94.